The molecule has 1 saturated heterocycles. The summed E-state index contributed by atoms with van der Waals surface area (Å²) in [6.45, 7) is 1.90. The van der Waals surface area contributed by atoms with Crippen LogP contribution < -0.4 is 16.0 Å². The van der Waals surface area contributed by atoms with E-state index in [1.165, 1.54) is 0 Å². The quantitative estimate of drug-likeness (QED) is 0.397. The number of halogens is 3. The van der Waals surface area contributed by atoms with Crippen LogP contribution in [0.25, 0.3) is 0 Å². The molecule has 43 heavy (non-hydrogen) atoms. The minimum atomic E-state index is -4.66. The maximum absolute atomic E-state index is 14.1. The van der Waals surface area contributed by atoms with Gasteiger partial charge in [-0.05, 0) is 108 Å². The third-order valence-electron chi connectivity index (χ3n) is 9.79. The zero-order valence-corrected chi connectivity index (χ0v) is 24.7. The fraction of sp³-hybridized carbons (Fsp3) is 0.613. The van der Waals surface area contributed by atoms with E-state index in [-0.39, 0.29) is 47.5 Å². The van der Waals surface area contributed by atoms with Crippen LogP contribution in [0.2, 0.25) is 0 Å². The lowest BCUT2D eigenvalue weighted by Crippen LogP contribution is -2.54. The van der Waals surface area contributed by atoms with Gasteiger partial charge in [0.1, 0.15) is 11.4 Å². The first-order valence-corrected chi connectivity index (χ1v) is 15.4. The zero-order chi connectivity index (χ0) is 30.3. The average molecular weight is 600 g/mol. The van der Waals surface area contributed by atoms with Crippen LogP contribution in [0.4, 0.5) is 30.6 Å². The molecule has 3 N–H and O–H groups in total. The third-order valence-corrected chi connectivity index (χ3v) is 9.79. The number of benzene rings is 1. The first-order valence-electron chi connectivity index (χ1n) is 15.4. The SMILES string of the molecule is CN1CCC(N(C)C(=O)c2ccc(Nc3ncc(C(F)(F)F)c(N[C@@H]4C5CCC(CC5)C4C(=O)NC4CC4)n3)cc2)CC1. The summed E-state index contributed by atoms with van der Waals surface area (Å²) in [5.74, 6) is -0.596. The van der Waals surface area contributed by atoms with Gasteiger partial charge in [0.15, 0.2) is 0 Å². The first kappa shape index (κ1) is 29.7. The van der Waals surface area contributed by atoms with Gasteiger partial charge < -0.3 is 25.8 Å². The second-order valence-corrected chi connectivity index (χ2v) is 12.8. The lowest BCUT2D eigenvalue weighted by atomic mass is 9.61. The standard InChI is InChI=1S/C31H40F3N7O2/c1-40-15-13-23(14-16-40)41(2)29(43)20-7-9-22(10-8-20)37-30-35-17-24(31(32,33)34)27(39-30)38-26-19-5-3-18(4-6-19)25(26)28(42)36-21-11-12-21/h7-10,17-19,21,23,25-26H,3-6,11-16H2,1-2H3,(H,36,42)(H2,35,37,38,39)/t18?,19?,25?,26-/m1/s1. The molecule has 2 heterocycles. The number of aromatic nitrogens is 2. The Kier molecular flexibility index (Phi) is 8.23. The van der Waals surface area contributed by atoms with Crippen molar-refractivity contribution in [3.63, 3.8) is 0 Å². The van der Waals surface area contributed by atoms with Crippen LogP contribution >= 0.6 is 0 Å². The van der Waals surface area contributed by atoms with Crippen LogP contribution in [0.1, 0.15) is 67.3 Å². The van der Waals surface area contributed by atoms with Crippen LogP contribution in [-0.4, -0.2) is 76.9 Å². The average Bonchev–Trinajstić information content (AvgIpc) is 3.81. The van der Waals surface area contributed by atoms with E-state index in [2.05, 4.69) is 37.9 Å². The van der Waals surface area contributed by atoms with E-state index >= 15 is 0 Å². The molecule has 9 nitrogen and oxygen atoms in total. The molecule has 0 spiro atoms. The van der Waals surface area contributed by atoms with E-state index in [9.17, 15) is 22.8 Å². The molecule has 2 bridgehead atoms. The van der Waals surface area contributed by atoms with Crippen molar-refractivity contribution in [2.45, 2.75) is 75.7 Å². The second kappa shape index (κ2) is 11.9. The molecule has 2 atom stereocenters. The van der Waals surface area contributed by atoms with E-state index < -0.39 is 23.7 Å². The van der Waals surface area contributed by atoms with Crippen molar-refractivity contribution in [1.29, 1.82) is 0 Å². The molecule has 1 aromatic heterocycles. The highest BCUT2D eigenvalue weighted by molar-refractivity contribution is 5.94. The third kappa shape index (κ3) is 6.58. The van der Waals surface area contributed by atoms with Crippen LogP contribution in [0.15, 0.2) is 30.5 Å². The van der Waals surface area contributed by atoms with Crippen molar-refractivity contribution in [3.8, 4) is 0 Å². The summed E-state index contributed by atoms with van der Waals surface area (Å²) in [5.41, 5.74) is 0.117. The molecular formula is C31H40F3N7O2. The molecule has 232 valence electrons. The Morgan fingerprint density at radius 2 is 1.60 bits per heavy atom. The van der Waals surface area contributed by atoms with Crippen molar-refractivity contribution in [2.24, 2.45) is 17.8 Å². The van der Waals surface area contributed by atoms with Gasteiger partial charge in [0.25, 0.3) is 5.91 Å². The van der Waals surface area contributed by atoms with Crippen molar-refractivity contribution < 1.29 is 22.8 Å². The van der Waals surface area contributed by atoms with E-state index in [1.54, 1.807) is 29.2 Å². The fourth-order valence-electron chi connectivity index (χ4n) is 7.05. The molecule has 4 saturated carbocycles. The highest BCUT2D eigenvalue weighted by Crippen LogP contribution is 2.47. The van der Waals surface area contributed by atoms with Crippen LogP contribution in [0, 0.1) is 17.8 Å². The molecule has 2 amide bonds. The predicted molar refractivity (Wildman–Crippen MR) is 157 cm³/mol. The summed E-state index contributed by atoms with van der Waals surface area (Å²) in [4.78, 5) is 38.5. The number of nitrogens with zero attached hydrogens (tertiary/aromatic N) is 4. The highest BCUT2D eigenvalue weighted by atomic mass is 19.4. The smallest absolute Gasteiger partial charge is 0.366 e. The van der Waals surface area contributed by atoms with Gasteiger partial charge in [-0.25, -0.2) is 4.98 Å². The van der Waals surface area contributed by atoms with Crippen molar-refractivity contribution >= 4 is 29.3 Å². The number of alkyl halides is 3. The molecule has 7 rings (SSSR count). The summed E-state index contributed by atoms with van der Waals surface area (Å²) in [6, 6.07) is 6.73. The highest BCUT2D eigenvalue weighted by Gasteiger charge is 2.49. The summed E-state index contributed by atoms with van der Waals surface area (Å²) in [6.07, 6.45) is 3.47. The summed E-state index contributed by atoms with van der Waals surface area (Å²) in [5, 5.41) is 9.15. The normalized spacial score (nSPS) is 26.2. The Bertz CT molecular complexity index is 1320. The monoisotopic (exact) mass is 599 g/mol. The Morgan fingerprint density at radius 1 is 0.953 bits per heavy atom. The number of nitrogens with one attached hydrogen (secondary N) is 3. The number of amides is 2. The van der Waals surface area contributed by atoms with Gasteiger partial charge in [0.2, 0.25) is 11.9 Å². The fourth-order valence-corrected chi connectivity index (χ4v) is 7.05. The van der Waals surface area contributed by atoms with E-state index in [0.717, 1.165) is 70.7 Å². The molecule has 1 aliphatic heterocycles. The number of hydrogen-bond acceptors (Lipinski definition) is 7. The molecule has 4 aliphatic carbocycles. The van der Waals surface area contributed by atoms with E-state index in [0.29, 0.717) is 11.3 Å². The minimum absolute atomic E-state index is 0.00188. The lowest BCUT2D eigenvalue weighted by Gasteiger charge is -2.48. The number of rotatable bonds is 8. The zero-order valence-electron chi connectivity index (χ0n) is 24.7. The Balaban J connectivity index is 1.18. The predicted octanol–water partition coefficient (Wildman–Crippen LogP) is 4.90. The molecule has 1 unspecified atom stereocenters. The second-order valence-electron chi connectivity index (χ2n) is 12.8. The number of likely N-dealkylation sites (tertiary alicyclic amines) is 1. The number of fused-ring (bicyclic) bond motifs is 3. The minimum Gasteiger partial charge on any atom is -0.366 e. The summed E-state index contributed by atoms with van der Waals surface area (Å²) >= 11 is 0. The molecular weight excluding hydrogens is 559 g/mol. The Hall–Kier alpha value is -3.41. The van der Waals surface area contributed by atoms with Crippen molar-refractivity contribution in [3.05, 3.63) is 41.6 Å². The molecule has 5 aliphatic rings. The van der Waals surface area contributed by atoms with Gasteiger partial charge in [-0.2, -0.15) is 18.2 Å². The maximum atomic E-state index is 14.1. The number of anilines is 3. The van der Waals surface area contributed by atoms with Crippen LogP contribution in [0.5, 0.6) is 0 Å². The van der Waals surface area contributed by atoms with E-state index in [4.69, 9.17) is 0 Å². The Labute approximate surface area is 250 Å². The van der Waals surface area contributed by atoms with Gasteiger partial charge >= 0.3 is 6.18 Å². The molecule has 5 fully saturated rings. The molecule has 0 radical (unpaired) electrons. The molecule has 2 aromatic rings. The van der Waals surface area contributed by atoms with Crippen LogP contribution in [0.3, 0.4) is 0 Å². The summed E-state index contributed by atoms with van der Waals surface area (Å²) in [7, 11) is 3.90. The maximum Gasteiger partial charge on any atom is 0.421 e. The number of hydrogen-bond donors (Lipinski definition) is 3. The Morgan fingerprint density at radius 3 is 2.23 bits per heavy atom. The van der Waals surface area contributed by atoms with Gasteiger partial charge in [-0.3, -0.25) is 9.59 Å². The van der Waals surface area contributed by atoms with Crippen molar-refractivity contribution in [1.82, 2.24) is 25.1 Å². The van der Waals surface area contributed by atoms with Crippen LogP contribution in [-0.2, 0) is 11.0 Å². The molecule has 12 heteroatoms. The topological polar surface area (TPSA) is 102 Å². The van der Waals surface area contributed by atoms with Gasteiger partial charge in [-0.15, -0.1) is 0 Å². The van der Waals surface area contributed by atoms with Gasteiger partial charge in [0, 0.05) is 42.6 Å². The van der Waals surface area contributed by atoms with Gasteiger partial charge in [0.05, 0.1) is 5.92 Å². The number of piperidine rings is 1. The summed E-state index contributed by atoms with van der Waals surface area (Å²) < 4.78 is 42.2. The first-order chi connectivity index (χ1) is 20.6. The lowest BCUT2D eigenvalue weighted by molar-refractivity contribution is -0.137. The largest absolute Gasteiger partial charge is 0.421 e. The van der Waals surface area contributed by atoms with E-state index in [1.807, 2.05) is 7.05 Å². The number of carbonyl (C=O) groups excluding carboxylic acids is 2. The number of carbonyl (C=O) groups is 2. The van der Waals surface area contributed by atoms with Crippen molar-refractivity contribution in [2.75, 3.05) is 37.8 Å². The van der Waals surface area contributed by atoms with Gasteiger partial charge in [-0.1, -0.05) is 0 Å². The molecule has 1 aromatic carbocycles.